The highest BCUT2D eigenvalue weighted by Crippen LogP contribution is 2.35. The quantitative estimate of drug-likeness (QED) is 0.835. The van der Waals surface area contributed by atoms with E-state index in [0.717, 1.165) is 6.07 Å². The lowest BCUT2D eigenvalue weighted by Gasteiger charge is -2.12. The van der Waals surface area contributed by atoms with Gasteiger partial charge in [0.05, 0.1) is 5.56 Å². The Hall–Kier alpha value is -2.25. The van der Waals surface area contributed by atoms with Crippen LogP contribution in [0.5, 0.6) is 0 Å². The van der Waals surface area contributed by atoms with Crippen LogP contribution in [0.3, 0.4) is 0 Å². The Morgan fingerprint density at radius 2 is 2.11 bits per heavy atom. The molecule has 0 atom stereocenters. The second-order valence-corrected chi connectivity index (χ2v) is 3.82. The molecule has 0 aliphatic rings. The number of nitrogens with two attached hydrogens (primary N) is 1. The second-order valence-electron chi connectivity index (χ2n) is 3.82. The molecule has 5 nitrogen and oxygen atoms in total. The molecule has 19 heavy (non-hydrogen) atoms. The maximum atomic E-state index is 12.6. The molecule has 0 aliphatic carbocycles. The molecule has 0 radical (unpaired) electrons. The van der Waals surface area contributed by atoms with Crippen LogP contribution in [0.4, 0.5) is 24.5 Å². The van der Waals surface area contributed by atoms with E-state index in [1.165, 1.54) is 18.5 Å². The molecule has 0 saturated carbocycles. The normalized spacial score (nSPS) is 11.5. The summed E-state index contributed by atoms with van der Waals surface area (Å²) in [6.45, 7) is 0.390. The standard InChI is InChI=1S/C11H11F3N4O/c12-11(13,14)8-5-7(1-2-9(8)15)16-4-3-10-17-6-19-18-10/h1-2,5-6,16H,3-4,15H2. The average Bonchev–Trinajstić information content (AvgIpc) is 2.83. The predicted molar refractivity (Wildman–Crippen MR) is 62.3 cm³/mol. The lowest BCUT2D eigenvalue weighted by atomic mass is 10.1. The number of nitrogens with zero attached hydrogens (tertiary/aromatic N) is 2. The van der Waals surface area contributed by atoms with E-state index in [2.05, 4.69) is 20.0 Å². The smallest absolute Gasteiger partial charge is 0.398 e. The number of rotatable bonds is 4. The van der Waals surface area contributed by atoms with E-state index in [1.54, 1.807) is 0 Å². The van der Waals surface area contributed by atoms with Gasteiger partial charge in [-0.3, -0.25) is 0 Å². The fraction of sp³-hybridized carbons (Fsp3) is 0.273. The van der Waals surface area contributed by atoms with Crippen LogP contribution in [0.25, 0.3) is 0 Å². The molecule has 0 bridgehead atoms. The van der Waals surface area contributed by atoms with Crippen LogP contribution in [-0.4, -0.2) is 16.7 Å². The maximum absolute atomic E-state index is 12.6. The van der Waals surface area contributed by atoms with Gasteiger partial charge < -0.3 is 15.6 Å². The van der Waals surface area contributed by atoms with E-state index in [4.69, 9.17) is 5.73 Å². The first kappa shape index (κ1) is 13.2. The molecule has 102 valence electrons. The second kappa shape index (κ2) is 5.17. The summed E-state index contributed by atoms with van der Waals surface area (Å²) in [7, 11) is 0. The number of nitrogen functional groups attached to an aromatic ring is 1. The molecule has 1 aromatic heterocycles. The Balaban J connectivity index is 2.01. The highest BCUT2D eigenvalue weighted by molar-refractivity contribution is 5.58. The van der Waals surface area contributed by atoms with Crippen molar-refractivity contribution in [1.29, 1.82) is 0 Å². The summed E-state index contributed by atoms with van der Waals surface area (Å²) in [5, 5.41) is 6.44. The fourth-order valence-corrected chi connectivity index (χ4v) is 1.53. The van der Waals surface area contributed by atoms with Gasteiger partial charge in [0.1, 0.15) is 0 Å². The first-order valence-corrected chi connectivity index (χ1v) is 5.42. The zero-order chi connectivity index (χ0) is 13.9. The van der Waals surface area contributed by atoms with Crippen LogP contribution < -0.4 is 11.1 Å². The Labute approximate surface area is 106 Å². The Morgan fingerprint density at radius 3 is 2.74 bits per heavy atom. The number of hydrogen-bond acceptors (Lipinski definition) is 5. The molecule has 1 heterocycles. The molecule has 3 N–H and O–H groups in total. The summed E-state index contributed by atoms with van der Waals surface area (Å²) in [6.07, 6.45) is -2.82. The Kier molecular flexibility index (Phi) is 3.59. The van der Waals surface area contributed by atoms with Gasteiger partial charge >= 0.3 is 6.18 Å². The molecule has 0 amide bonds. The summed E-state index contributed by atoms with van der Waals surface area (Å²) < 4.78 is 42.4. The van der Waals surface area contributed by atoms with Crippen molar-refractivity contribution in [2.24, 2.45) is 0 Å². The Bertz CT molecular complexity index is 539. The van der Waals surface area contributed by atoms with Gasteiger partial charge in [0.2, 0.25) is 6.39 Å². The monoisotopic (exact) mass is 272 g/mol. The highest BCUT2D eigenvalue weighted by Gasteiger charge is 2.33. The lowest BCUT2D eigenvalue weighted by Crippen LogP contribution is -2.11. The van der Waals surface area contributed by atoms with Crippen LogP contribution in [0.1, 0.15) is 11.4 Å². The van der Waals surface area contributed by atoms with Crippen molar-refractivity contribution in [3.63, 3.8) is 0 Å². The first-order chi connectivity index (χ1) is 8.97. The molecule has 0 spiro atoms. The van der Waals surface area contributed by atoms with E-state index in [9.17, 15) is 13.2 Å². The first-order valence-electron chi connectivity index (χ1n) is 5.42. The van der Waals surface area contributed by atoms with E-state index in [-0.39, 0.29) is 5.69 Å². The largest absolute Gasteiger partial charge is 0.418 e. The molecule has 1 aromatic carbocycles. The van der Waals surface area contributed by atoms with Gasteiger partial charge in [0.25, 0.3) is 0 Å². The minimum atomic E-state index is -4.46. The summed E-state index contributed by atoms with van der Waals surface area (Å²) >= 11 is 0. The molecule has 0 unspecified atom stereocenters. The number of nitrogens with one attached hydrogen (secondary N) is 1. The van der Waals surface area contributed by atoms with Gasteiger partial charge in [-0.1, -0.05) is 5.16 Å². The number of anilines is 2. The summed E-state index contributed by atoms with van der Waals surface area (Å²) in [5.74, 6) is 0.485. The topological polar surface area (TPSA) is 77.0 Å². The van der Waals surface area contributed by atoms with Crippen molar-refractivity contribution in [1.82, 2.24) is 10.1 Å². The predicted octanol–water partition coefficient (Wildman–Crippen LogP) is 2.33. The summed E-state index contributed by atoms with van der Waals surface area (Å²) in [4.78, 5) is 3.80. The number of hydrogen-bond donors (Lipinski definition) is 2. The lowest BCUT2D eigenvalue weighted by molar-refractivity contribution is -0.136. The molecular weight excluding hydrogens is 261 g/mol. The molecule has 0 aliphatic heterocycles. The van der Waals surface area contributed by atoms with Gasteiger partial charge in [-0.15, -0.1) is 0 Å². The van der Waals surface area contributed by atoms with Gasteiger partial charge in [-0.25, -0.2) is 0 Å². The minimum absolute atomic E-state index is 0.295. The van der Waals surface area contributed by atoms with Gasteiger partial charge in [0.15, 0.2) is 5.82 Å². The maximum Gasteiger partial charge on any atom is 0.418 e. The number of halogens is 3. The molecule has 0 fully saturated rings. The van der Waals surface area contributed by atoms with Crippen molar-refractivity contribution in [3.05, 3.63) is 36.0 Å². The third-order valence-corrected chi connectivity index (χ3v) is 2.44. The highest BCUT2D eigenvalue weighted by atomic mass is 19.4. The van der Waals surface area contributed by atoms with Crippen LogP contribution in [0, 0.1) is 0 Å². The zero-order valence-corrected chi connectivity index (χ0v) is 9.74. The number of aromatic nitrogens is 2. The number of benzene rings is 1. The molecular formula is C11H11F3N4O. The molecule has 8 heteroatoms. The van der Waals surface area contributed by atoms with Crippen molar-refractivity contribution < 1.29 is 17.7 Å². The van der Waals surface area contributed by atoms with Gasteiger partial charge in [-0.2, -0.15) is 18.2 Å². The summed E-state index contributed by atoms with van der Waals surface area (Å²) in [5.41, 5.74) is 4.49. The third kappa shape index (κ3) is 3.36. The van der Waals surface area contributed by atoms with Crippen LogP contribution >= 0.6 is 0 Å². The average molecular weight is 272 g/mol. The number of alkyl halides is 3. The zero-order valence-electron chi connectivity index (χ0n) is 9.74. The van der Waals surface area contributed by atoms with E-state index >= 15 is 0 Å². The minimum Gasteiger partial charge on any atom is -0.398 e. The van der Waals surface area contributed by atoms with Crippen molar-refractivity contribution >= 4 is 11.4 Å². The van der Waals surface area contributed by atoms with E-state index < -0.39 is 11.7 Å². The molecule has 2 rings (SSSR count). The van der Waals surface area contributed by atoms with Crippen LogP contribution in [0.15, 0.2) is 29.1 Å². The van der Waals surface area contributed by atoms with Crippen molar-refractivity contribution in [2.45, 2.75) is 12.6 Å². The van der Waals surface area contributed by atoms with E-state index in [1.807, 2.05) is 0 Å². The van der Waals surface area contributed by atoms with Crippen molar-refractivity contribution in [2.75, 3.05) is 17.6 Å². The van der Waals surface area contributed by atoms with E-state index in [0.29, 0.717) is 24.5 Å². The summed E-state index contributed by atoms with van der Waals surface area (Å²) in [6, 6.07) is 3.69. The molecule has 2 aromatic rings. The van der Waals surface area contributed by atoms with Gasteiger partial charge in [-0.05, 0) is 18.2 Å². The van der Waals surface area contributed by atoms with Crippen molar-refractivity contribution in [3.8, 4) is 0 Å². The van der Waals surface area contributed by atoms with Crippen LogP contribution in [0.2, 0.25) is 0 Å². The molecule has 0 saturated heterocycles. The van der Waals surface area contributed by atoms with Crippen LogP contribution in [-0.2, 0) is 12.6 Å². The Morgan fingerprint density at radius 1 is 1.32 bits per heavy atom. The third-order valence-electron chi connectivity index (χ3n) is 2.44. The SMILES string of the molecule is Nc1ccc(NCCc2ncon2)cc1C(F)(F)F. The fourth-order valence-electron chi connectivity index (χ4n) is 1.53. The van der Waals surface area contributed by atoms with Gasteiger partial charge in [0, 0.05) is 24.3 Å².